The zero-order valence-corrected chi connectivity index (χ0v) is 22.8. The lowest BCUT2D eigenvalue weighted by atomic mass is 10.1. The summed E-state index contributed by atoms with van der Waals surface area (Å²) in [7, 11) is -4.54. The molecule has 2 aromatic heterocycles. The minimum Gasteiger partial charge on any atom is -0.443 e. The Bertz CT molecular complexity index is 1670. The van der Waals surface area contributed by atoms with Crippen molar-refractivity contribution in [2.45, 2.75) is 43.7 Å². The Morgan fingerprint density at radius 3 is 2.60 bits per heavy atom. The van der Waals surface area contributed by atoms with E-state index in [1.54, 1.807) is 26.8 Å². The number of fused-ring (bicyclic) bond motifs is 1. The summed E-state index contributed by atoms with van der Waals surface area (Å²) in [6.07, 6.45) is 3.69. The molecule has 0 saturated carbocycles. The number of nitrogens with one attached hydrogen (secondary N) is 1. The first-order valence-corrected chi connectivity index (χ1v) is 13.4. The van der Waals surface area contributed by atoms with E-state index < -0.39 is 55.1 Å². The molecule has 1 aliphatic rings. The maximum Gasteiger partial charge on any atom is 0.424 e. The number of para-hydroxylation sites is 1. The number of imidazole rings is 1. The van der Waals surface area contributed by atoms with Crippen molar-refractivity contribution in [3.05, 3.63) is 58.0 Å². The summed E-state index contributed by atoms with van der Waals surface area (Å²) < 4.78 is 34.1. The number of anilines is 1. The molecule has 15 nitrogen and oxygen atoms in total. The molecule has 0 saturated heterocycles. The lowest BCUT2D eigenvalue weighted by Crippen LogP contribution is -2.37. The second-order valence-electron chi connectivity index (χ2n) is 9.58. The van der Waals surface area contributed by atoms with Crippen LogP contribution in [0.15, 0.2) is 47.6 Å². The normalized spacial score (nSPS) is 17.0. The van der Waals surface area contributed by atoms with Crippen LogP contribution in [0.1, 0.15) is 33.2 Å². The van der Waals surface area contributed by atoms with Gasteiger partial charge in [0.2, 0.25) is 18.3 Å². The Kier molecular flexibility index (Phi) is 7.58. The summed E-state index contributed by atoms with van der Waals surface area (Å²) >= 11 is 6.25. The van der Waals surface area contributed by atoms with Crippen molar-refractivity contribution < 1.29 is 32.5 Å². The Balaban J connectivity index is 1.57. The first-order valence-electron chi connectivity index (χ1n) is 11.6. The monoisotopic (exact) mass is 591 g/mol. The van der Waals surface area contributed by atoms with E-state index in [1.807, 2.05) is 4.72 Å². The third-order valence-corrected chi connectivity index (χ3v) is 7.28. The molecule has 3 aromatic rings. The van der Waals surface area contributed by atoms with Crippen molar-refractivity contribution in [1.29, 1.82) is 0 Å². The van der Waals surface area contributed by atoms with Crippen LogP contribution in [0.2, 0.25) is 5.15 Å². The van der Waals surface area contributed by atoms with Gasteiger partial charge in [-0.3, -0.25) is 19.7 Å². The minimum absolute atomic E-state index is 0.0735. The number of hydrogen-bond donors (Lipinski definition) is 1. The van der Waals surface area contributed by atoms with Crippen LogP contribution in [0.5, 0.6) is 0 Å². The number of nitrogens with zero attached hydrogens (tertiary/aromatic N) is 6. The van der Waals surface area contributed by atoms with Crippen molar-refractivity contribution in [2.75, 3.05) is 4.90 Å². The second-order valence-corrected chi connectivity index (χ2v) is 11.6. The van der Waals surface area contributed by atoms with Crippen molar-refractivity contribution in [1.82, 2.24) is 24.2 Å². The molecule has 0 fully saturated rings. The van der Waals surface area contributed by atoms with Crippen LogP contribution < -0.4 is 9.62 Å². The van der Waals surface area contributed by atoms with Gasteiger partial charge in [0.05, 0.1) is 23.2 Å². The van der Waals surface area contributed by atoms with Crippen LogP contribution in [0.3, 0.4) is 0 Å². The largest absolute Gasteiger partial charge is 0.443 e. The topological polar surface area (TPSA) is 197 Å². The summed E-state index contributed by atoms with van der Waals surface area (Å²) in [5, 5.41) is 11.1. The molecule has 0 radical (unpaired) electrons. The van der Waals surface area contributed by atoms with Crippen molar-refractivity contribution in [3.8, 4) is 0 Å². The molecule has 1 aromatic carbocycles. The number of carbonyl (C=O) groups excluding carboxylic acids is 3. The lowest BCUT2D eigenvalue weighted by Gasteiger charge is -2.22. The van der Waals surface area contributed by atoms with Gasteiger partial charge in [0, 0.05) is 6.07 Å². The van der Waals surface area contributed by atoms with Crippen LogP contribution in [-0.2, 0) is 24.3 Å². The molecule has 4 rings (SSSR count). The van der Waals surface area contributed by atoms with Gasteiger partial charge in [0.25, 0.3) is 15.7 Å². The molecule has 210 valence electrons. The Morgan fingerprint density at radius 2 is 1.95 bits per heavy atom. The summed E-state index contributed by atoms with van der Waals surface area (Å²) in [6, 6.07) is 4.10. The number of imide groups is 1. The number of carbonyl (C=O) groups is 3. The molecule has 1 aliphatic carbocycles. The Hall–Kier alpha value is -4.44. The van der Waals surface area contributed by atoms with Crippen molar-refractivity contribution in [2.24, 2.45) is 5.92 Å². The highest BCUT2D eigenvalue weighted by Gasteiger charge is 2.33. The molecular formula is C23H22ClN7O8S. The molecule has 2 heterocycles. The summed E-state index contributed by atoms with van der Waals surface area (Å²) in [5.41, 5.74) is -1.29. The molecule has 17 heteroatoms. The average Bonchev–Trinajstić information content (AvgIpc) is 3.51. The highest BCUT2D eigenvalue weighted by Crippen LogP contribution is 2.33. The number of benzene rings is 1. The van der Waals surface area contributed by atoms with Gasteiger partial charge in [0.15, 0.2) is 15.7 Å². The molecule has 0 bridgehead atoms. The van der Waals surface area contributed by atoms with E-state index in [2.05, 4.69) is 15.0 Å². The van der Waals surface area contributed by atoms with Crippen LogP contribution in [-0.4, -0.2) is 56.9 Å². The zero-order valence-electron chi connectivity index (χ0n) is 21.2. The maximum absolute atomic E-state index is 12.8. The van der Waals surface area contributed by atoms with E-state index in [4.69, 9.17) is 16.3 Å². The first-order chi connectivity index (χ1) is 18.7. The van der Waals surface area contributed by atoms with E-state index in [1.165, 1.54) is 29.1 Å². The molecule has 0 spiro atoms. The van der Waals surface area contributed by atoms with E-state index in [0.717, 1.165) is 12.1 Å². The van der Waals surface area contributed by atoms with Gasteiger partial charge < -0.3 is 9.30 Å². The predicted molar refractivity (Wildman–Crippen MR) is 140 cm³/mol. The van der Waals surface area contributed by atoms with Gasteiger partial charge in [-0.25, -0.2) is 22.9 Å². The maximum atomic E-state index is 12.8. The quantitative estimate of drug-likeness (QED) is 0.139. The SMILES string of the molecule is CC(C)(C)OC(=O)N(C=O)c1nc(Cl)c2ncn([C@H]3C=C[C@@H](C(=O)NS(=O)(=O)c4ccccc4[N+](=O)[O-])C3)c2n1. The fourth-order valence-corrected chi connectivity index (χ4v) is 5.29. The third kappa shape index (κ3) is 5.76. The molecule has 1 N–H and O–H groups in total. The fourth-order valence-electron chi connectivity index (χ4n) is 3.88. The van der Waals surface area contributed by atoms with Crippen LogP contribution in [0.25, 0.3) is 11.2 Å². The minimum atomic E-state index is -4.54. The van der Waals surface area contributed by atoms with E-state index in [9.17, 15) is 32.9 Å². The number of ether oxygens (including phenoxy) is 1. The van der Waals surface area contributed by atoms with Crippen LogP contribution >= 0.6 is 11.6 Å². The number of allylic oxidation sites excluding steroid dienone is 1. The number of rotatable bonds is 7. The number of sulfonamides is 1. The van der Waals surface area contributed by atoms with Gasteiger partial charge in [-0.1, -0.05) is 35.9 Å². The van der Waals surface area contributed by atoms with E-state index in [0.29, 0.717) is 4.90 Å². The van der Waals surface area contributed by atoms with Crippen LogP contribution in [0.4, 0.5) is 16.4 Å². The smallest absolute Gasteiger partial charge is 0.424 e. The van der Waals surface area contributed by atoms with Gasteiger partial charge in [-0.2, -0.15) is 14.9 Å². The summed E-state index contributed by atoms with van der Waals surface area (Å²) in [5.74, 6) is -2.19. The van der Waals surface area contributed by atoms with Crippen LogP contribution in [0, 0.1) is 16.0 Å². The number of amides is 3. The van der Waals surface area contributed by atoms with Crippen molar-refractivity contribution in [3.63, 3.8) is 0 Å². The predicted octanol–water partition coefficient (Wildman–Crippen LogP) is 2.91. The zero-order chi connectivity index (χ0) is 29.4. The van der Waals surface area contributed by atoms with Gasteiger partial charge >= 0.3 is 6.09 Å². The van der Waals surface area contributed by atoms with E-state index in [-0.39, 0.29) is 35.1 Å². The highest BCUT2D eigenvalue weighted by molar-refractivity contribution is 7.90. The summed E-state index contributed by atoms with van der Waals surface area (Å²) in [4.78, 5) is 59.7. The number of hydrogen-bond acceptors (Lipinski definition) is 11. The third-order valence-electron chi connectivity index (χ3n) is 5.62. The fraction of sp³-hybridized carbons (Fsp3) is 0.304. The summed E-state index contributed by atoms with van der Waals surface area (Å²) in [6.45, 7) is 4.85. The molecular weight excluding hydrogens is 570 g/mol. The lowest BCUT2D eigenvalue weighted by molar-refractivity contribution is -0.387. The number of nitro benzene ring substituents is 1. The molecule has 0 unspecified atom stereocenters. The standard InChI is InChI=1S/C23H22ClN7O8S/c1-23(2,3)39-22(34)30(12-32)21-26-18(24)17-19(27-21)29(11-25-17)14-9-8-13(10-14)20(33)28-40(37,38)16-7-5-4-6-15(16)31(35)36/h4-9,11-14H,10H2,1-3H3,(H,28,33)/t13-,14+/m1/s1. The van der Waals surface area contributed by atoms with Gasteiger partial charge in [0.1, 0.15) is 11.1 Å². The molecule has 0 aliphatic heterocycles. The highest BCUT2D eigenvalue weighted by atomic mass is 35.5. The second kappa shape index (κ2) is 10.6. The molecule has 2 atom stereocenters. The molecule has 3 amide bonds. The van der Waals surface area contributed by atoms with Crippen molar-refractivity contribution >= 4 is 62.8 Å². The number of halogens is 1. The Morgan fingerprint density at radius 1 is 1.25 bits per heavy atom. The van der Waals surface area contributed by atoms with Gasteiger partial charge in [-0.15, -0.1) is 0 Å². The number of nitro groups is 1. The van der Waals surface area contributed by atoms with E-state index >= 15 is 0 Å². The number of aromatic nitrogens is 4. The first kappa shape index (κ1) is 28.6. The van der Waals surface area contributed by atoms with Gasteiger partial charge in [-0.05, 0) is 33.3 Å². The average molecular weight is 592 g/mol. The Labute approximate surface area is 232 Å². The molecule has 40 heavy (non-hydrogen) atoms.